The molecule has 1 heterocycles. The van der Waals surface area contributed by atoms with Gasteiger partial charge in [0.05, 0.1) is 18.1 Å². The first-order valence-corrected chi connectivity index (χ1v) is 13.2. The molecule has 1 atom stereocenters. The third-order valence-electron chi connectivity index (χ3n) is 5.44. The van der Waals surface area contributed by atoms with Gasteiger partial charge in [0, 0.05) is 26.6 Å². The Labute approximate surface area is 219 Å². The number of anilines is 2. The van der Waals surface area contributed by atoms with E-state index in [-0.39, 0.29) is 17.1 Å². The number of benzene rings is 3. The van der Waals surface area contributed by atoms with Crippen LogP contribution >= 0.6 is 23.1 Å². The number of thiazole rings is 1. The van der Waals surface area contributed by atoms with E-state index in [2.05, 4.69) is 15.6 Å². The Morgan fingerprint density at radius 2 is 1.78 bits per heavy atom. The van der Waals surface area contributed by atoms with Crippen LogP contribution in [-0.2, 0) is 4.79 Å². The Bertz CT molecular complexity index is 1360. The fourth-order valence-corrected chi connectivity index (χ4v) is 5.45. The zero-order valence-corrected chi connectivity index (χ0v) is 21.9. The SMILES string of the molecule is CCC(Sc1cccc(NC(=O)c2cccc(OC)c2)c1)C(=O)Nc1nc(-c2ccccc2)c(C)s1. The summed E-state index contributed by atoms with van der Waals surface area (Å²) in [7, 11) is 1.57. The van der Waals surface area contributed by atoms with Crippen molar-refractivity contribution in [3.05, 3.63) is 89.3 Å². The van der Waals surface area contributed by atoms with Gasteiger partial charge in [-0.15, -0.1) is 23.1 Å². The van der Waals surface area contributed by atoms with Crippen molar-refractivity contribution in [2.24, 2.45) is 0 Å². The second-order valence-corrected chi connectivity index (χ2v) is 10.5. The van der Waals surface area contributed by atoms with Gasteiger partial charge in [-0.1, -0.05) is 49.4 Å². The normalized spacial score (nSPS) is 11.5. The Hall–Kier alpha value is -3.62. The highest BCUT2D eigenvalue weighted by Crippen LogP contribution is 2.32. The molecule has 0 saturated heterocycles. The van der Waals surface area contributed by atoms with E-state index >= 15 is 0 Å². The van der Waals surface area contributed by atoms with E-state index in [1.807, 2.05) is 68.4 Å². The Morgan fingerprint density at radius 1 is 1.00 bits per heavy atom. The Kier molecular flexibility index (Phi) is 8.40. The van der Waals surface area contributed by atoms with Gasteiger partial charge in [-0.25, -0.2) is 4.98 Å². The summed E-state index contributed by atoms with van der Waals surface area (Å²) < 4.78 is 5.20. The molecule has 4 rings (SSSR count). The van der Waals surface area contributed by atoms with Gasteiger partial charge >= 0.3 is 0 Å². The topological polar surface area (TPSA) is 80.3 Å². The molecule has 0 bridgehead atoms. The molecular formula is C28H27N3O3S2. The number of ether oxygens (including phenoxy) is 1. The number of hydrogen-bond donors (Lipinski definition) is 2. The summed E-state index contributed by atoms with van der Waals surface area (Å²) in [6, 6.07) is 24.4. The van der Waals surface area contributed by atoms with Gasteiger partial charge in [0.1, 0.15) is 5.75 Å². The van der Waals surface area contributed by atoms with Crippen LogP contribution in [0.15, 0.2) is 83.8 Å². The summed E-state index contributed by atoms with van der Waals surface area (Å²) in [6.45, 7) is 3.99. The number of thioether (sulfide) groups is 1. The van der Waals surface area contributed by atoms with Crippen molar-refractivity contribution >= 4 is 45.7 Å². The third-order valence-corrected chi connectivity index (χ3v) is 7.68. The third kappa shape index (κ3) is 6.33. The predicted octanol–water partition coefficient (Wildman–Crippen LogP) is 6.89. The van der Waals surface area contributed by atoms with Gasteiger partial charge in [0.15, 0.2) is 5.13 Å². The average molecular weight is 518 g/mol. The van der Waals surface area contributed by atoms with Crippen LogP contribution in [0.1, 0.15) is 28.6 Å². The van der Waals surface area contributed by atoms with Crippen LogP contribution in [0.25, 0.3) is 11.3 Å². The van der Waals surface area contributed by atoms with Crippen LogP contribution in [0, 0.1) is 6.92 Å². The van der Waals surface area contributed by atoms with Crippen LogP contribution < -0.4 is 15.4 Å². The fourth-order valence-electron chi connectivity index (χ4n) is 3.60. The number of carbonyl (C=O) groups is 2. The number of nitrogens with one attached hydrogen (secondary N) is 2. The first kappa shape index (κ1) is 25.5. The van der Waals surface area contributed by atoms with Crippen LogP contribution in [-0.4, -0.2) is 29.2 Å². The van der Waals surface area contributed by atoms with Gasteiger partial charge in [0.2, 0.25) is 5.91 Å². The summed E-state index contributed by atoms with van der Waals surface area (Å²) in [5, 5.41) is 6.19. The smallest absolute Gasteiger partial charge is 0.255 e. The van der Waals surface area contributed by atoms with Crippen molar-refractivity contribution < 1.29 is 14.3 Å². The molecular weight excluding hydrogens is 490 g/mol. The van der Waals surface area contributed by atoms with E-state index in [1.165, 1.54) is 23.1 Å². The number of aromatic nitrogens is 1. The molecule has 0 radical (unpaired) electrons. The second-order valence-electron chi connectivity index (χ2n) is 8.01. The quantitative estimate of drug-likeness (QED) is 0.236. The maximum atomic E-state index is 13.1. The molecule has 8 heteroatoms. The van der Waals surface area contributed by atoms with Gasteiger partial charge < -0.3 is 15.4 Å². The van der Waals surface area contributed by atoms with Crippen molar-refractivity contribution in [2.75, 3.05) is 17.7 Å². The zero-order valence-electron chi connectivity index (χ0n) is 20.3. The Morgan fingerprint density at radius 3 is 2.53 bits per heavy atom. The number of hydrogen-bond acceptors (Lipinski definition) is 6. The molecule has 0 aliphatic rings. The summed E-state index contributed by atoms with van der Waals surface area (Å²) in [5.41, 5.74) is 3.08. The zero-order chi connectivity index (χ0) is 25.5. The molecule has 0 aliphatic heterocycles. The van der Waals surface area contributed by atoms with Crippen LogP contribution in [0.3, 0.4) is 0 Å². The molecule has 0 aliphatic carbocycles. The van der Waals surface area contributed by atoms with Crippen molar-refractivity contribution in [3.63, 3.8) is 0 Å². The van der Waals surface area contributed by atoms with Gasteiger partial charge in [-0.2, -0.15) is 0 Å². The van der Waals surface area contributed by atoms with Gasteiger partial charge in [-0.3, -0.25) is 9.59 Å². The average Bonchev–Trinajstić information content (AvgIpc) is 3.27. The standard InChI is InChI=1S/C28H27N3O3S2/c1-4-24(27(33)31-28-30-25(18(2)35-28)19-10-6-5-7-11-19)36-23-15-9-13-21(17-23)29-26(32)20-12-8-14-22(16-20)34-3/h5-17,24H,4H2,1-3H3,(H,29,32)(H,30,31,33). The predicted molar refractivity (Wildman–Crippen MR) is 148 cm³/mol. The van der Waals surface area contributed by atoms with E-state index in [0.29, 0.717) is 28.6 Å². The molecule has 1 unspecified atom stereocenters. The molecule has 2 amide bonds. The number of amides is 2. The first-order chi connectivity index (χ1) is 17.5. The lowest BCUT2D eigenvalue weighted by Gasteiger charge is -2.14. The largest absolute Gasteiger partial charge is 0.497 e. The minimum Gasteiger partial charge on any atom is -0.497 e. The monoisotopic (exact) mass is 517 g/mol. The maximum Gasteiger partial charge on any atom is 0.255 e. The van der Waals surface area contributed by atoms with E-state index < -0.39 is 0 Å². The van der Waals surface area contributed by atoms with Crippen molar-refractivity contribution in [1.82, 2.24) is 4.98 Å². The lowest BCUT2D eigenvalue weighted by molar-refractivity contribution is -0.115. The van der Waals surface area contributed by atoms with E-state index in [4.69, 9.17) is 4.74 Å². The summed E-state index contributed by atoms with van der Waals surface area (Å²) in [4.78, 5) is 32.3. The number of carbonyl (C=O) groups excluding carboxylic acids is 2. The molecule has 184 valence electrons. The van der Waals surface area contributed by atoms with Crippen LogP contribution in [0.4, 0.5) is 10.8 Å². The van der Waals surface area contributed by atoms with Crippen molar-refractivity contribution in [2.45, 2.75) is 30.4 Å². The van der Waals surface area contributed by atoms with Crippen LogP contribution in [0.2, 0.25) is 0 Å². The lowest BCUT2D eigenvalue weighted by Crippen LogP contribution is -2.24. The van der Waals surface area contributed by atoms with Gasteiger partial charge in [-0.05, 0) is 49.7 Å². The lowest BCUT2D eigenvalue weighted by atomic mass is 10.1. The summed E-state index contributed by atoms with van der Waals surface area (Å²) in [6.07, 6.45) is 0.646. The minimum absolute atomic E-state index is 0.0957. The molecule has 3 aromatic carbocycles. The number of rotatable bonds is 9. The molecule has 6 nitrogen and oxygen atoms in total. The van der Waals surface area contributed by atoms with Crippen molar-refractivity contribution in [1.29, 1.82) is 0 Å². The van der Waals surface area contributed by atoms with Gasteiger partial charge in [0.25, 0.3) is 5.91 Å². The Balaban J connectivity index is 1.42. The number of methoxy groups -OCH3 is 1. The highest BCUT2D eigenvalue weighted by Gasteiger charge is 2.20. The summed E-state index contributed by atoms with van der Waals surface area (Å²) in [5.74, 6) is 0.297. The molecule has 4 aromatic rings. The highest BCUT2D eigenvalue weighted by atomic mass is 32.2. The molecule has 36 heavy (non-hydrogen) atoms. The molecule has 0 saturated carbocycles. The van der Waals surface area contributed by atoms with Crippen LogP contribution in [0.5, 0.6) is 5.75 Å². The number of nitrogens with zero attached hydrogens (tertiary/aromatic N) is 1. The minimum atomic E-state index is -0.307. The number of aryl methyl sites for hydroxylation is 1. The molecule has 2 N–H and O–H groups in total. The molecule has 0 fully saturated rings. The second kappa shape index (κ2) is 11.9. The van der Waals surface area contributed by atoms with E-state index in [0.717, 1.165) is 21.0 Å². The fraction of sp³-hybridized carbons (Fsp3) is 0.179. The first-order valence-electron chi connectivity index (χ1n) is 11.5. The highest BCUT2D eigenvalue weighted by molar-refractivity contribution is 8.00. The van der Waals surface area contributed by atoms with E-state index in [1.54, 1.807) is 31.4 Å². The van der Waals surface area contributed by atoms with E-state index in [9.17, 15) is 9.59 Å². The molecule has 1 aromatic heterocycles. The molecule has 0 spiro atoms. The van der Waals surface area contributed by atoms with Crippen molar-refractivity contribution in [3.8, 4) is 17.0 Å². The maximum absolute atomic E-state index is 13.1. The summed E-state index contributed by atoms with van der Waals surface area (Å²) >= 11 is 2.93.